The van der Waals surface area contributed by atoms with E-state index < -0.39 is 4.92 Å². The van der Waals surface area contributed by atoms with Crippen LogP contribution >= 0.6 is 11.6 Å². The van der Waals surface area contributed by atoms with Crippen LogP contribution in [-0.4, -0.2) is 34.7 Å². The highest BCUT2D eigenvalue weighted by molar-refractivity contribution is 6.33. The van der Waals surface area contributed by atoms with Gasteiger partial charge in [-0.25, -0.2) is 4.98 Å². The van der Waals surface area contributed by atoms with Crippen molar-refractivity contribution in [2.24, 2.45) is 5.92 Å². The van der Waals surface area contributed by atoms with Gasteiger partial charge in [0.2, 0.25) is 0 Å². The second kappa shape index (κ2) is 6.16. The minimum Gasteiger partial charge on any atom is -0.396 e. The number of aliphatic hydroxyl groups excluding tert-OH is 1. The monoisotopic (exact) mass is 285 g/mol. The summed E-state index contributed by atoms with van der Waals surface area (Å²) in [5.74, 6) is 1.15. The summed E-state index contributed by atoms with van der Waals surface area (Å²) in [6, 6.07) is 1.34. The van der Waals surface area contributed by atoms with Crippen molar-refractivity contribution < 1.29 is 10.0 Å². The van der Waals surface area contributed by atoms with Crippen LogP contribution in [0.2, 0.25) is 5.02 Å². The van der Waals surface area contributed by atoms with E-state index in [9.17, 15) is 10.1 Å². The number of anilines is 1. The van der Waals surface area contributed by atoms with E-state index in [1.807, 2.05) is 4.90 Å². The van der Waals surface area contributed by atoms with Crippen molar-refractivity contribution in [2.75, 3.05) is 24.6 Å². The number of hydrogen-bond donors (Lipinski definition) is 1. The smallest absolute Gasteiger partial charge is 0.289 e. The molecule has 0 spiro atoms. The molecule has 104 valence electrons. The molecule has 0 saturated carbocycles. The Kier molecular flexibility index (Phi) is 4.55. The van der Waals surface area contributed by atoms with Crippen molar-refractivity contribution in [3.05, 3.63) is 27.4 Å². The second-order valence-electron chi connectivity index (χ2n) is 4.70. The average Bonchev–Trinajstić information content (AvgIpc) is 2.40. The van der Waals surface area contributed by atoms with Crippen molar-refractivity contribution in [2.45, 2.75) is 19.3 Å². The first-order valence-corrected chi connectivity index (χ1v) is 6.65. The Balaban J connectivity index is 2.05. The minimum atomic E-state index is -0.504. The van der Waals surface area contributed by atoms with Crippen LogP contribution in [0.15, 0.2) is 12.3 Å². The quantitative estimate of drug-likeness (QED) is 0.678. The lowest BCUT2D eigenvalue weighted by Gasteiger charge is -2.32. The van der Waals surface area contributed by atoms with E-state index in [0.29, 0.717) is 16.8 Å². The molecule has 0 aliphatic carbocycles. The number of hydrogen-bond acceptors (Lipinski definition) is 5. The SMILES string of the molecule is O=[N+]([O-])c1cnc(N2CCC(CCO)CC2)c(Cl)c1. The van der Waals surface area contributed by atoms with Crippen LogP contribution in [0.25, 0.3) is 0 Å². The number of aliphatic hydroxyl groups is 1. The van der Waals surface area contributed by atoms with Gasteiger partial charge in [0.1, 0.15) is 12.0 Å². The lowest BCUT2D eigenvalue weighted by atomic mass is 9.94. The van der Waals surface area contributed by atoms with Crippen LogP contribution in [0.3, 0.4) is 0 Å². The van der Waals surface area contributed by atoms with Crippen molar-refractivity contribution in [1.29, 1.82) is 0 Å². The highest BCUT2D eigenvalue weighted by atomic mass is 35.5. The third-order valence-electron chi connectivity index (χ3n) is 3.47. The Morgan fingerprint density at radius 3 is 2.74 bits per heavy atom. The minimum absolute atomic E-state index is 0.0936. The highest BCUT2D eigenvalue weighted by Gasteiger charge is 2.22. The van der Waals surface area contributed by atoms with Gasteiger partial charge in [0.25, 0.3) is 5.69 Å². The fourth-order valence-corrected chi connectivity index (χ4v) is 2.65. The number of nitrogens with zero attached hydrogens (tertiary/aromatic N) is 3. The highest BCUT2D eigenvalue weighted by Crippen LogP contribution is 2.30. The summed E-state index contributed by atoms with van der Waals surface area (Å²) in [6.07, 6.45) is 4.03. The molecule has 1 fully saturated rings. The predicted molar refractivity (Wildman–Crippen MR) is 72.5 cm³/mol. The molecule has 0 bridgehead atoms. The first-order valence-electron chi connectivity index (χ1n) is 6.27. The molecule has 1 aromatic rings. The lowest BCUT2D eigenvalue weighted by Crippen LogP contribution is -2.34. The molecule has 19 heavy (non-hydrogen) atoms. The molecule has 2 rings (SSSR count). The molecule has 0 unspecified atom stereocenters. The lowest BCUT2D eigenvalue weighted by molar-refractivity contribution is -0.385. The third-order valence-corrected chi connectivity index (χ3v) is 3.75. The Morgan fingerprint density at radius 1 is 1.53 bits per heavy atom. The first-order chi connectivity index (χ1) is 9.11. The fraction of sp³-hybridized carbons (Fsp3) is 0.583. The Labute approximate surface area is 116 Å². The Bertz CT molecular complexity index is 462. The van der Waals surface area contributed by atoms with Gasteiger partial charge >= 0.3 is 0 Å². The predicted octanol–water partition coefficient (Wildman–Crippen LogP) is 2.24. The number of nitro groups is 1. The standard InChI is InChI=1S/C12H16ClN3O3/c13-11-7-10(16(18)19)8-14-12(11)15-4-1-9(2-5-15)3-6-17/h7-9,17H,1-6H2. The summed E-state index contributed by atoms with van der Waals surface area (Å²) in [4.78, 5) is 16.3. The van der Waals surface area contributed by atoms with E-state index in [1.165, 1.54) is 12.3 Å². The third kappa shape index (κ3) is 3.33. The molecule has 1 aliphatic heterocycles. The van der Waals surface area contributed by atoms with Gasteiger partial charge in [-0.3, -0.25) is 10.1 Å². The summed E-state index contributed by atoms with van der Waals surface area (Å²) in [6.45, 7) is 1.85. The van der Waals surface area contributed by atoms with Crippen LogP contribution in [0, 0.1) is 16.0 Å². The van der Waals surface area contributed by atoms with E-state index in [1.54, 1.807) is 0 Å². The van der Waals surface area contributed by atoms with Crippen LogP contribution in [0.1, 0.15) is 19.3 Å². The van der Waals surface area contributed by atoms with E-state index in [-0.39, 0.29) is 12.3 Å². The molecular weight excluding hydrogens is 270 g/mol. The van der Waals surface area contributed by atoms with Crippen LogP contribution in [0.4, 0.5) is 11.5 Å². The second-order valence-corrected chi connectivity index (χ2v) is 5.11. The molecule has 1 N–H and O–H groups in total. The molecule has 2 heterocycles. The number of aromatic nitrogens is 1. The zero-order valence-electron chi connectivity index (χ0n) is 10.5. The van der Waals surface area contributed by atoms with Gasteiger partial charge in [0.05, 0.1) is 9.95 Å². The maximum Gasteiger partial charge on any atom is 0.289 e. The number of piperidine rings is 1. The van der Waals surface area contributed by atoms with E-state index in [0.717, 1.165) is 32.4 Å². The van der Waals surface area contributed by atoms with Gasteiger partial charge in [-0.2, -0.15) is 0 Å². The van der Waals surface area contributed by atoms with Crippen molar-refractivity contribution >= 4 is 23.1 Å². The maximum absolute atomic E-state index is 10.6. The van der Waals surface area contributed by atoms with Gasteiger partial charge in [-0.1, -0.05) is 11.6 Å². The van der Waals surface area contributed by atoms with Crippen LogP contribution in [0.5, 0.6) is 0 Å². The van der Waals surface area contributed by atoms with E-state index in [4.69, 9.17) is 16.7 Å². The zero-order chi connectivity index (χ0) is 13.8. The van der Waals surface area contributed by atoms with Gasteiger partial charge in [0.15, 0.2) is 0 Å². The Morgan fingerprint density at radius 2 is 2.21 bits per heavy atom. The Hall–Kier alpha value is -1.40. The summed E-state index contributed by atoms with van der Waals surface area (Å²) in [5, 5.41) is 19.9. The molecule has 7 heteroatoms. The van der Waals surface area contributed by atoms with Crippen LogP contribution < -0.4 is 4.90 Å². The van der Waals surface area contributed by atoms with Gasteiger partial charge in [-0.05, 0) is 25.2 Å². The number of halogens is 1. The molecule has 0 atom stereocenters. The molecule has 1 saturated heterocycles. The van der Waals surface area contributed by atoms with Crippen molar-refractivity contribution in [3.8, 4) is 0 Å². The molecule has 0 aromatic carbocycles. The molecule has 0 amide bonds. The molecule has 6 nitrogen and oxygen atoms in total. The molecular formula is C12H16ClN3O3. The molecule has 0 radical (unpaired) electrons. The first kappa shape index (κ1) is 14.0. The van der Waals surface area contributed by atoms with Gasteiger partial charge in [-0.15, -0.1) is 0 Å². The number of pyridine rings is 1. The van der Waals surface area contributed by atoms with E-state index >= 15 is 0 Å². The van der Waals surface area contributed by atoms with Crippen molar-refractivity contribution in [3.63, 3.8) is 0 Å². The van der Waals surface area contributed by atoms with E-state index in [2.05, 4.69) is 4.98 Å². The summed E-state index contributed by atoms with van der Waals surface area (Å²) in [7, 11) is 0. The number of rotatable bonds is 4. The maximum atomic E-state index is 10.6. The van der Waals surface area contributed by atoms with Crippen molar-refractivity contribution in [1.82, 2.24) is 4.98 Å². The summed E-state index contributed by atoms with van der Waals surface area (Å²) in [5.41, 5.74) is -0.0936. The average molecular weight is 286 g/mol. The largest absolute Gasteiger partial charge is 0.396 e. The molecule has 1 aromatic heterocycles. The fourth-order valence-electron chi connectivity index (χ4n) is 2.37. The normalized spacial score (nSPS) is 16.6. The summed E-state index contributed by atoms with van der Waals surface area (Å²) >= 11 is 6.06. The van der Waals surface area contributed by atoms with Crippen LogP contribution in [-0.2, 0) is 0 Å². The zero-order valence-corrected chi connectivity index (χ0v) is 11.2. The molecule has 1 aliphatic rings. The van der Waals surface area contributed by atoms with Gasteiger partial charge < -0.3 is 10.0 Å². The topological polar surface area (TPSA) is 79.5 Å². The summed E-state index contributed by atoms with van der Waals surface area (Å²) < 4.78 is 0. The van der Waals surface area contributed by atoms with Gasteiger partial charge in [0, 0.05) is 25.8 Å².